The van der Waals surface area contributed by atoms with Gasteiger partial charge in [-0.15, -0.1) is 0 Å². The van der Waals surface area contributed by atoms with Gasteiger partial charge in [0.15, 0.2) is 0 Å². The summed E-state index contributed by atoms with van der Waals surface area (Å²) in [4.78, 5) is 11.0. The Bertz CT molecular complexity index is 617. The Morgan fingerprint density at radius 2 is 2.21 bits per heavy atom. The average molecular weight is 260 g/mol. The predicted molar refractivity (Wildman–Crippen MR) is 71.3 cm³/mol. The first-order valence-electron chi connectivity index (χ1n) is 5.91. The van der Waals surface area contributed by atoms with E-state index in [-0.39, 0.29) is 6.42 Å². The van der Waals surface area contributed by atoms with Gasteiger partial charge in [-0.2, -0.15) is 5.10 Å². The molecule has 0 aliphatic carbocycles. The standard InChI is InChI=1S/C14H16N2O3/c1-9-14(10-5-4-6-11(7-10)19-3)12(8-13(17)18)16(2)15-9/h4-7H,8H2,1-3H3,(H,17,18). The summed E-state index contributed by atoms with van der Waals surface area (Å²) in [6, 6.07) is 7.55. The molecule has 0 saturated heterocycles. The Kier molecular flexibility index (Phi) is 3.55. The quantitative estimate of drug-likeness (QED) is 0.913. The minimum absolute atomic E-state index is 0.0517. The molecule has 19 heavy (non-hydrogen) atoms. The number of methoxy groups -OCH3 is 1. The molecule has 1 aromatic heterocycles. The lowest BCUT2D eigenvalue weighted by Gasteiger charge is -2.07. The topological polar surface area (TPSA) is 64.4 Å². The fourth-order valence-corrected chi connectivity index (χ4v) is 2.21. The molecule has 2 aromatic rings. The third-order valence-corrected chi connectivity index (χ3v) is 3.02. The van der Waals surface area contributed by atoms with E-state index in [4.69, 9.17) is 9.84 Å². The van der Waals surface area contributed by atoms with Crippen molar-refractivity contribution in [3.05, 3.63) is 35.7 Å². The first-order valence-corrected chi connectivity index (χ1v) is 5.91. The molecule has 1 aromatic carbocycles. The number of aryl methyl sites for hydroxylation is 2. The minimum atomic E-state index is -0.868. The molecule has 0 aliphatic heterocycles. The lowest BCUT2D eigenvalue weighted by atomic mass is 10.0. The van der Waals surface area contributed by atoms with E-state index in [0.29, 0.717) is 5.69 Å². The van der Waals surface area contributed by atoms with Crippen molar-refractivity contribution in [1.82, 2.24) is 9.78 Å². The summed E-state index contributed by atoms with van der Waals surface area (Å²) >= 11 is 0. The van der Waals surface area contributed by atoms with Crippen LogP contribution in [0.2, 0.25) is 0 Å². The van der Waals surface area contributed by atoms with Gasteiger partial charge in [-0.3, -0.25) is 9.48 Å². The fraction of sp³-hybridized carbons (Fsp3) is 0.286. The van der Waals surface area contributed by atoms with Gasteiger partial charge < -0.3 is 9.84 Å². The second-order valence-corrected chi connectivity index (χ2v) is 4.33. The summed E-state index contributed by atoms with van der Waals surface area (Å²) in [5.74, 6) is -0.130. The Hall–Kier alpha value is -2.30. The van der Waals surface area contributed by atoms with Gasteiger partial charge in [0.1, 0.15) is 5.75 Å². The van der Waals surface area contributed by atoms with Crippen molar-refractivity contribution in [2.45, 2.75) is 13.3 Å². The van der Waals surface area contributed by atoms with Crippen LogP contribution in [0.3, 0.4) is 0 Å². The summed E-state index contributed by atoms with van der Waals surface area (Å²) in [7, 11) is 3.36. The Balaban J connectivity index is 2.56. The van der Waals surface area contributed by atoms with Crippen LogP contribution in [0.4, 0.5) is 0 Å². The van der Waals surface area contributed by atoms with Crippen molar-refractivity contribution >= 4 is 5.97 Å². The third kappa shape index (κ3) is 2.59. The Labute approximate surface area is 111 Å². The van der Waals surface area contributed by atoms with Gasteiger partial charge in [-0.25, -0.2) is 0 Å². The number of benzene rings is 1. The minimum Gasteiger partial charge on any atom is -0.497 e. The molecule has 0 aliphatic rings. The van der Waals surface area contributed by atoms with Crippen LogP contribution in [-0.2, 0) is 18.3 Å². The highest BCUT2D eigenvalue weighted by Crippen LogP contribution is 2.29. The maximum atomic E-state index is 11.0. The zero-order valence-electron chi connectivity index (χ0n) is 11.2. The van der Waals surface area contributed by atoms with Crippen LogP contribution in [0, 0.1) is 6.92 Å². The van der Waals surface area contributed by atoms with Crippen LogP contribution in [0.25, 0.3) is 11.1 Å². The smallest absolute Gasteiger partial charge is 0.309 e. The molecule has 0 bridgehead atoms. The zero-order valence-corrected chi connectivity index (χ0v) is 11.2. The first kappa shape index (κ1) is 13.1. The number of rotatable bonds is 4. The average Bonchev–Trinajstić information content (AvgIpc) is 2.63. The SMILES string of the molecule is COc1cccc(-c2c(C)nn(C)c2CC(=O)O)c1. The van der Waals surface area contributed by atoms with E-state index in [1.807, 2.05) is 31.2 Å². The van der Waals surface area contributed by atoms with E-state index in [1.54, 1.807) is 18.8 Å². The molecule has 1 heterocycles. The summed E-state index contributed by atoms with van der Waals surface area (Å²) in [5.41, 5.74) is 3.29. The fourth-order valence-electron chi connectivity index (χ4n) is 2.21. The predicted octanol–water partition coefficient (Wildman–Crippen LogP) is 2.03. The molecular weight excluding hydrogens is 244 g/mol. The summed E-state index contributed by atoms with van der Waals surface area (Å²) < 4.78 is 6.82. The van der Waals surface area contributed by atoms with Gasteiger partial charge in [-0.1, -0.05) is 12.1 Å². The van der Waals surface area contributed by atoms with Crippen molar-refractivity contribution in [2.75, 3.05) is 7.11 Å². The van der Waals surface area contributed by atoms with Gasteiger partial charge in [0.25, 0.3) is 0 Å². The van der Waals surface area contributed by atoms with E-state index in [9.17, 15) is 4.79 Å². The van der Waals surface area contributed by atoms with E-state index < -0.39 is 5.97 Å². The van der Waals surface area contributed by atoms with Crippen molar-refractivity contribution in [1.29, 1.82) is 0 Å². The number of aromatic nitrogens is 2. The molecule has 0 fully saturated rings. The van der Waals surface area contributed by atoms with E-state index in [1.165, 1.54) is 0 Å². The van der Waals surface area contributed by atoms with Crippen LogP contribution in [0.5, 0.6) is 5.75 Å². The van der Waals surface area contributed by atoms with Gasteiger partial charge >= 0.3 is 5.97 Å². The van der Waals surface area contributed by atoms with Crippen LogP contribution in [0.15, 0.2) is 24.3 Å². The first-order chi connectivity index (χ1) is 9.02. The number of hydrogen-bond acceptors (Lipinski definition) is 3. The number of ether oxygens (including phenoxy) is 1. The van der Waals surface area contributed by atoms with Crippen LogP contribution < -0.4 is 4.74 Å². The molecule has 2 rings (SSSR count). The van der Waals surface area contributed by atoms with Crippen molar-refractivity contribution in [3.8, 4) is 16.9 Å². The van der Waals surface area contributed by atoms with Crippen molar-refractivity contribution in [2.24, 2.45) is 7.05 Å². The van der Waals surface area contributed by atoms with E-state index in [2.05, 4.69) is 5.10 Å². The lowest BCUT2D eigenvalue weighted by Crippen LogP contribution is -2.07. The molecule has 5 heteroatoms. The Morgan fingerprint density at radius 3 is 2.84 bits per heavy atom. The van der Waals surface area contributed by atoms with Crippen molar-refractivity contribution < 1.29 is 14.6 Å². The number of hydrogen-bond donors (Lipinski definition) is 1. The molecule has 5 nitrogen and oxygen atoms in total. The van der Waals surface area contributed by atoms with Crippen molar-refractivity contribution in [3.63, 3.8) is 0 Å². The number of nitrogens with zero attached hydrogens (tertiary/aromatic N) is 2. The zero-order chi connectivity index (χ0) is 14.0. The number of carboxylic acids is 1. The number of aliphatic carboxylic acids is 1. The van der Waals surface area contributed by atoms with Gasteiger partial charge in [0.05, 0.1) is 24.9 Å². The normalized spacial score (nSPS) is 10.5. The van der Waals surface area contributed by atoms with E-state index >= 15 is 0 Å². The monoisotopic (exact) mass is 260 g/mol. The molecule has 0 spiro atoms. The number of carbonyl (C=O) groups is 1. The summed E-state index contributed by atoms with van der Waals surface area (Å²) in [5, 5.41) is 13.3. The molecule has 0 saturated carbocycles. The molecule has 0 amide bonds. The van der Waals surface area contributed by atoms with Gasteiger partial charge in [-0.05, 0) is 24.6 Å². The lowest BCUT2D eigenvalue weighted by molar-refractivity contribution is -0.136. The molecule has 0 unspecified atom stereocenters. The Morgan fingerprint density at radius 1 is 1.47 bits per heavy atom. The van der Waals surface area contributed by atoms with Gasteiger partial charge in [0.2, 0.25) is 0 Å². The van der Waals surface area contributed by atoms with Crippen LogP contribution in [0.1, 0.15) is 11.4 Å². The maximum Gasteiger partial charge on any atom is 0.309 e. The third-order valence-electron chi connectivity index (χ3n) is 3.02. The second-order valence-electron chi connectivity index (χ2n) is 4.33. The highest BCUT2D eigenvalue weighted by Gasteiger charge is 2.17. The summed E-state index contributed by atoms with van der Waals surface area (Å²) in [6.45, 7) is 1.88. The van der Waals surface area contributed by atoms with Crippen LogP contribution in [-0.4, -0.2) is 28.0 Å². The summed E-state index contributed by atoms with van der Waals surface area (Å²) in [6.07, 6.45) is -0.0517. The molecule has 100 valence electrons. The molecule has 0 radical (unpaired) electrons. The van der Waals surface area contributed by atoms with E-state index in [0.717, 1.165) is 22.6 Å². The maximum absolute atomic E-state index is 11.0. The highest BCUT2D eigenvalue weighted by molar-refractivity contribution is 5.77. The number of carboxylic acid groups (broad SMARTS) is 1. The molecule has 0 atom stereocenters. The second kappa shape index (κ2) is 5.14. The largest absolute Gasteiger partial charge is 0.497 e. The highest BCUT2D eigenvalue weighted by atomic mass is 16.5. The van der Waals surface area contributed by atoms with Gasteiger partial charge in [0, 0.05) is 12.6 Å². The molecule has 1 N–H and O–H groups in total. The molecular formula is C14H16N2O3. The van der Waals surface area contributed by atoms with Crippen LogP contribution >= 0.6 is 0 Å².